The highest BCUT2D eigenvalue weighted by atomic mass is 16.4. The molecule has 88 valence electrons. The van der Waals surface area contributed by atoms with Gasteiger partial charge >= 0.3 is 5.97 Å². The number of anilines is 1. The summed E-state index contributed by atoms with van der Waals surface area (Å²) in [7, 11) is 0. The van der Waals surface area contributed by atoms with Gasteiger partial charge < -0.3 is 10.0 Å². The second-order valence-electron chi connectivity index (χ2n) is 3.98. The first-order valence-electron chi connectivity index (χ1n) is 5.40. The van der Waals surface area contributed by atoms with Gasteiger partial charge in [0.15, 0.2) is 0 Å². The van der Waals surface area contributed by atoms with Crippen molar-refractivity contribution in [2.24, 2.45) is 0 Å². The number of benzene rings is 1. The van der Waals surface area contributed by atoms with Gasteiger partial charge in [-0.15, -0.1) is 0 Å². The number of aliphatic carboxylic acids is 1. The zero-order chi connectivity index (χ0) is 12.4. The maximum Gasteiger partial charge on any atom is 0.328 e. The summed E-state index contributed by atoms with van der Waals surface area (Å²) in [5.41, 5.74) is 2.87. The Kier molecular flexibility index (Phi) is 2.95. The van der Waals surface area contributed by atoms with Crippen LogP contribution in [0.15, 0.2) is 24.3 Å². The molecule has 0 saturated carbocycles. The molecule has 0 bridgehead atoms. The Balaban J connectivity index is 2.28. The number of rotatable bonds is 2. The number of fused-ring (bicyclic) bond motifs is 1. The normalized spacial score (nSPS) is 14.1. The number of amides is 1. The monoisotopic (exact) mass is 231 g/mol. The molecule has 1 aromatic carbocycles. The predicted molar refractivity (Wildman–Crippen MR) is 64.8 cm³/mol. The van der Waals surface area contributed by atoms with E-state index in [0.29, 0.717) is 6.54 Å². The Morgan fingerprint density at radius 2 is 2.18 bits per heavy atom. The first-order chi connectivity index (χ1) is 8.08. The van der Waals surface area contributed by atoms with Gasteiger partial charge in [0.1, 0.15) is 0 Å². The molecular weight excluding hydrogens is 218 g/mol. The molecule has 0 atom stereocenters. The van der Waals surface area contributed by atoms with E-state index in [9.17, 15) is 9.59 Å². The number of carboxylic acids is 1. The fourth-order valence-electron chi connectivity index (χ4n) is 2.02. The molecule has 0 saturated heterocycles. The fourth-order valence-corrected chi connectivity index (χ4v) is 2.02. The van der Waals surface area contributed by atoms with E-state index < -0.39 is 5.97 Å². The van der Waals surface area contributed by atoms with E-state index >= 15 is 0 Å². The summed E-state index contributed by atoms with van der Waals surface area (Å²) in [4.78, 5) is 23.5. The molecule has 1 aromatic rings. The van der Waals surface area contributed by atoms with Gasteiger partial charge in [0.2, 0.25) is 5.91 Å². The molecule has 0 fully saturated rings. The van der Waals surface area contributed by atoms with E-state index in [-0.39, 0.29) is 5.91 Å². The van der Waals surface area contributed by atoms with Crippen molar-refractivity contribution in [1.29, 1.82) is 0 Å². The third-order valence-electron chi connectivity index (χ3n) is 2.80. The van der Waals surface area contributed by atoms with Gasteiger partial charge in [-0.05, 0) is 35.8 Å². The average Bonchev–Trinajstić information content (AvgIpc) is 2.69. The fraction of sp³-hybridized carbons (Fsp3) is 0.231. The van der Waals surface area contributed by atoms with Gasteiger partial charge in [0, 0.05) is 25.2 Å². The lowest BCUT2D eigenvalue weighted by atomic mass is 10.1. The third kappa shape index (κ3) is 2.36. The van der Waals surface area contributed by atoms with Crippen LogP contribution in [0.1, 0.15) is 18.1 Å². The van der Waals surface area contributed by atoms with Crippen molar-refractivity contribution in [3.05, 3.63) is 35.4 Å². The maximum absolute atomic E-state index is 11.3. The minimum absolute atomic E-state index is 0.0394. The largest absolute Gasteiger partial charge is 0.478 e. The first kappa shape index (κ1) is 11.4. The SMILES string of the molecule is CC(=O)N1CCc2cc(C=CC(=O)O)ccc21. The molecule has 1 aliphatic rings. The van der Waals surface area contributed by atoms with Crippen LogP contribution in [0, 0.1) is 0 Å². The van der Waals surface area contributed by atoms with Crippen LogP contribution in [0.2, 0.25) is 0 Å². The summed E-state index contributed by atoms with van der Waals surface area (Å²) < 4.78 is 0. The van der Waals surface area contributed by atoms with Gasteiger partial charge in [-0.2, -0.15) is 0 Å². The minimum Gasteiger partial charge on any atom is -0.478 e. The molecule has 0 radical (unpaired) electrons. The highest BCUT2D eigenvalue weighted by molar-refractivity contribution is 5.94. The van der Waals surface area contributed by atoms with Crippen LogP contribution >= 0.6 is 0 Å². The summed E-state index contributed by atoms with van der Waals surface area (Å²) >= 11 is 0. The van der Waals surface area contributed by atoms with Crippen molar-refractivity contribution in [2.75, 3.05) is 11.4 Å². The quantitative estimate of drug-likeness (QED) is 0.788. The summed E-state index contributed by atoms with van der Waals surface area (Å²) in [5, 5.41) is 8.54. The topological polar surface area (TPSA) is 57.6 Å². The molecule has 0 aromatic heterocycles. The molecule has 4 heteroatoms. The van der Waals surface area contributed by atoms with Crippen LogP contribution in [0.4, 0.5) is 5.69 Å². The Bertz CT molecular complexity index is 505. The van der Waals surface area contributed by atoms with Gasteiger partial charge in [0.05, 0.1) is 0 Å². The van der Waals surface area contributed by atoms with Crippen LogP contribution in [0.25, 0.3) is 6.08 Å². The number of carbonyl (C=O) groups is 2. The number of carboxylic acid groups (broad SMARTS) is 1. The Morgan fingerprint density at radius 1 is 1.41 bits per heavy atom. The van der Waals surface area contributed by atoms with E-state index in [4.69, 9.17) is 5.11 Å². The standard InChI is InChI=1S/C13H13NO3/c1-9(15)14-7-6-11-8-10(2-4-12(11)14)3-5-13(16)17/h2-5,8H,6-7H2,1H3,(H,16,17). The van der Waals surface area contributed by atoms with Crippen molar-refractivity contribution in [3.8, 4) is 0 Å². The molecule has 0 unspecified atom stereocenters. The molecule has 4 nitrogen and oxygen atoms in total. The Labute approximate surface area is 99.2 Å². The first-order valence-corrected chi connectivity index (χ1v) is 5.40. The minimum atomic E-state index is -0.962. The molecule has 2 rings (SSSR count). The van der Waals surface area contributed by atoms with E-state index in [2.05, 4.69) is 0 Å². The van der Waals surface area contributed by atoms with Gasteiger partial charge in [-0.25, -0.2) is 4.79 Å². The highest BCUT2D eigenvalue weighted by Crippen LogP contribution is 2.29. The van der Waals surface area contributed by atoms with Gasteiger partial charge in [-0.1, -0.05) is 6.07 Å². The lowest BCUT2D eigenvalue weighted by molar-refractivity contribution is -0.131. The number of nitrogens with zero attached hydrogens (tertiary/aromatic N) is 1. The van der Waals surface area contributed by atoms with Gasteiger partial charge in [-0.3, -0.25) is 4.79 Å². The summed E-state index contributed by atoms with van der Waals surface area (Å²) in [6, 6.07) is 5.61. The van der Waals surface area contributed by atoms with E-state index in [1.165, 1.54) is 0 Å². The van der Waals surface area contributed by atoms with Crippen molar-refractivity contribution in [2.45, 2.75) is 13.3 Å². The Hall–Kier alpha value is -2.10. The molecule has 1 N–H and O–H groups in total. The van der Waals surface area contributed by atoms with Crippen molar-refractivity contribution < 1.29 is 14.7 Å². The smallest absolute Gasteiger partial charge is 0.328 e. The van der Waals surface area contributed by atoms with Crippen LogP contribution in [0.3, 0.4) is 0 Å². The maximum atomic E-state index is 11.3. The van der Waals surface area contributed by atoms with Crippen molar-refractivity contribution in [3.63, 3.8) is 0 Å². The lowest BCUT2D eigenvalue weighted by Crippen LogP contribution is -2.25. The zero-order valence-electron chi connectivity index (χ0n) is 9.51. The van der Waals surface area contributed by atoms with E-state index in [1.807, 2.05) is 18.2 Å². The average molecular weight is 231 g/mol. The third-order valence-corrected chi connectivity index (χ3v) is 2.80. The summed E-state index contributed by atoms with van der Waals surface area (Å²) in [6.07, 6.45) is 3.49. The van der Waals surface area contributed by atoms with E-state index in [0.717, 1.165) is 29.3 Å². The molecule has 1 amide bonds. The second-order valence-corrected chi connectivity index (χ2v) is 3.98. The van der Waals surface area contributed by atoms with Crippen LogP contribution in [0.5, 0.6) is 0 Å². The summed E-state index contributed by atoms with van der Waals surface area (Å²) in [5.74, 6) is -0.923. The summed E-state index contributed by atoms with van der Waals surface area (Å²) in [6.45, 7) is 2.25. The molecular formula is C13H13NO3. The van der Waals surface area contributed by atoms with Crippen LogP contribution in [-0.2, 0) is 16.0 Å². The van der Waals surface area contributed by atoms with E-state index in [1.54, 1.807) is 17.9 Å². The molecule has 0 spiro atoms. The van der Waals surface area contributed by atoms with Crippen molar-refractivity contribution >= 4 is 23.6 Å². The second kappa shape index (κ2) is 4.41. The molecule has 17 heavy (non-hydrogen) atoms. The lowest BCUT2D eigenvalue weighted by Gasteiger charge is -2.14. The molecule has 0 aliphatic carbocycles. The van der Waals surface area contributed by atoms with Gasteiger partial charge in [0.25, 0.3) is 0 Å². The van der Waals surface area contributed by atoms with Crippen LogP contribution in [-0.4, -0.2) is 23.5 Å². The zero-order valence-corrected chi connectivity index (χ0v) is 9.51. The predicted octanol–water partition coefficient (Wildman–Crippen LogP) is 1.69. The van der Waals surface area contributed by atoms with Crippen molar-refractivity contribution in [1.82, 2.24) is 0 Å². The highest BCUT2D eigenvalue weighted by Gasteiger charge is 2.21. The number of hydrogen-bond acceptors (Lipinski definition) is 2. The molecule has 1 heterocycles. The van der Waals surface area contributed by atoms with Crippen LogP contribution < -0.4 is 4.90 Å². The Morgan fingerprint density at radius 3 is 2.82 bits per heavy atom. The number of hydrogen-bond donors (Lipinski definition) is 1. The molecule has 1 aliphatic heterocycles. The number of carbonyl (C=O) groups excluding carboxylic acids is 1.